The second-order valence-electron chi connectivity index (χ2n) is 5.47. The van der Waals surface area contributed by atoms with Gasteiger partial charge in [0.05, 0.1) is 0 Å². The zero-order valence-corrected chi connectivity index (χ0v) is 10.7. The zero-order chi connectivity index (χ0) is 11.7. The van der Waals surface area contributed by atoms with E-state index in [-0.39, 0.29) is 0 Å². The Bertz CT molecular complexity index is 394. The highest BCUT2D eigenvalue weighted by Gasteiger charge is 2.16. The van der Waals surface area contributed by atoms with E-state index in [2.05, 4.69) is 35.3 Å². The van der Waals surface area contributed by atoms with Crippen LogP contribution in [0.1, 0.15) is 38.2 Å². The van der Waals surface area contributed by atoms with Gasteiger partial charge in [0, 0.05) is 30.5 Å². The summed E-state index contributed by atoms with van der Waals surface area (Å²) >= 11 is 0. The minimum atomic E-state index is 0.628. The summed E-state index contributed by atoms with van der Waals surface area (Å²) < 4.78 is 0. The lowest BCUT2D eigenvalue weighted by Crippen LogP contribution is -2.30. The van der Waals surface area contributed by atoms with Crippen LogP contribution < -0.4 is 10.2 Å². The Balaban J connectivity index is 1.82. The number of nitrogens with zero attached hydrogens (tertiary/aromatic N) is 1. The van der Waals surface area contributed by atoms with Gasteiger partial charge in [0.15, 0.2) is 0 Å². The molecule has 2 heteroatoms. The third-order valence-corrected chi connectivity index (χ3v) is 4.06. The lowest BCUT2D eigenvalue weighted by Gasteiger charge is -2.31. The van der Waals surface area contributed by atoms with Crippen LogP contribution in [-0.4, -0.2) is 19.1 Å². The molecule has 1 aromatic rings. The maximum Gasteiger partial charge on any atom is 0.0376 e. The molecule has 2 nitrogen and oxygen atoms in total. The molecule has 0 spiro atoms. The van der Waals surface area contributed by atoms with Crippen LogP contribution in [0.3, 0.4) is 0 Å². The fourth-order valence-electron chi connectivity index (χ4n) is 2.99. The van der Waals surface area contributed by atoms with E-state index in [1.165, 1.54) is 62.1 Å². The zero-order valence-electron chi connectivity index (χ0n) is 10.7. The summed E-state index contributed by atoms with van der Waals surface area (Å²) in [6, 6.07) is 7.59. The fraction of sp³-hybridized carbons (Fsp3) is 0.600. The van der Waals surface area contributed by atoms with E-state index >= 15 is 0 Å². The van der Waals surface area contributed by atoms with Crippen molar-refractivity contribution in [1.82, 2.24) is 0 Å². The van der Waals surface area contributed by atoms with Gasteiger partial charge in [-0.25, -0.2) is 0 Å². The molecule has 2 heterocycles. The van der Waals surface area contributed by atoms with Crippen LogP contribution >= 0.6 is 0 Å². The van der Waals surface area contributed by atoms with Crippen molar-refractivity contribution in [3.63, 3.8) is 0 Å². The monoisotopic (exact) mass is 230 g/mol. The van der Waals surface area contributed by atoms with Crippen LogP contribution in [0.2, 0.25) is 0 Å². The van der Waals surface area contributed by atoms with Crippen molar-refractivity contribution in [1.29, 1.82) is 0 Å². The third-order valence-electron chi connectivity index (χ3n) is 4.06. The van der Waals surface area contributed by atoms with E-state index in [1.807, 2.05) is 0 Å². The first kappa shape index (κ1) is 10.9. The largest absolute Gasteiger partial charge is 0.382 e. The molecule has 17 heavy (non-hydrogen) atoms. The Morgan fingerprint density at radius 3 is 2.82 bits per heavy atom. The van der Waals surface area contributed by atoms with Gasteiger partial charge in [0.25, 0.3) is 0 Å². The van der Waals surface area contributed by atoms with Crippen LogP contribution in [0.4, 0.5) is 11.4 Å². The van der Waals surface area contributed by atoms with E-state index in [0.29, 0.717) is 6.04 Å². The molecule has 0 amide bonds. The Hall–Kier alpha value is -1.18. The first-order valence-corrected chi connectivity index (χ1v) is 6.97. The van der Waals surface area contributed by atoms with Gasteiger partial charge < -0.3 is 10.2 Å². The number of hydrogen-bond acceptors (Lipinski definition) is 2. The molecule has 2 aliphatic rings. The summed E-state index contributed by atoms with van der Waals surface area (Å²) in [5.74, 6) is 0. The van der Waals surface area contributed by atoms with Crippen molar-refractivity contribution in [2.24, 2.45) is 0 Å². The van der Waals surface area contributed by atoms with Crippen LogP contribution in [0, 0.1) is 0 Å². The molecular weight excluding hydrogens is 208 g/mol. The van der Waals surface area contributed by atoms with Gasteiger partial charge >= 0.3 is 0 Å². The van der Waals surface area contributed by atoms with E-state index in [4.69, 9.17) is 0 Å². The van der Waals surface area contributed by atoms with Gasteiger partial charge in [-0.3, -0.25) is 0 Å². The molecule has 0 aliphatic carbocycles. The lowest BCUT2D eigenvalue weighted by atomic mass is 9.98. The molecular formula is C15H22N2. The molecule has 3 rings (SSSR count). The predicted molar refractivity (Wildman–Crippen MR) is 73.9 cm³/mol. The van der Waals surface area contributed by atoms with Crippen LogP contribution in [-0.2, 0) is 6.42 Å². The maximum atomic E-state index is 3.57. The van der Waals surface area contributed by atoms with Crippen molar-refractivity contribution in [2.75, 3.05) is 23.3 Å². The minimum absolute atomic E-state index is 0.628. The summed E-state index contributed by atoms with van der Waals surface area (Å²) in [6.07, 6.45) is 6.60. The number of piperidine rings is 1. The summed E-state index contributed by atoms with van der Waals surface area (Å²) in [5, 5.41) is 3.57. The summed E-state index contributed by atoms with van der Waals surface area (Å²) in [4.78, 5) is 2.54. The molecule has 1 aromatic carbocycles. The first-order valence-electron chi connectivity index (χ1n) is 6.97. The maximum absolute atomic E-state index is 3.57. The fourth-order valence-corrected chi connectivity index (χ4v) is 2.99. The Morgan fingerprint density at radius 1 is 1.18 bits per heavy atom. The van der Waals surface area contributed by atoms with Gasteiger partial charge in [-0.15, -0.1) is 0 Å². The predicted octanol–water partition coefficient (Wildman–Crippen LogP) is 3.42. The van der Waals surface area contributed by atoms with Gasteiger partial charge in [-0.1, -0.05) is 0 Å². The SMILES string of the molecule is CC1CCc2cc(N3CCCCC3)ccc2N1. The average molecular weight is 230 g/mol. The van der Waals surface area contributed by atoms with Gasteiger partial charge in [0.1, 0.15) is 0 Å². The number of fused-ring (bicyclic) bond motifs is 1. The minimum Gasteiger partial charge on any atom is -0.382 e. The van der Waals surface area contributed by atoms with Gasteiger partial charge in [-0.2, -0.15) is 0 Å². The number of benzene rings is 1. The van der Waals surface area contributed by atoms with Crippen molar-refractivity contribution in [3.8, 4) is 0 Å². The number of rotatable bonds is 1. The molecule has 0 radical (unpaired) electrons. The van der Waals surface area contributed by atoms with Gasteiger partial charge in [0.2, 0.25) is 0 Å². The smallest absolute Gasteiger partial charge is 0.0376 e. The number of nitrogens with one attached hydrogen (secondary N) is 1. The Morgan fingerprint density at radius 2 is 2.00 bits per heavy atom. The number of hydrogen-bond donors (Lipinski definition) is 1. The van der Waals surface area contributed by atoms with E-state index in [0.717, 1.165) is 0 Å². The van der Waals surface area contributed by atoms with E-state index in [9.17, 15) is 0 Å². The molecule has 1 fully saturated rings. The van der Waals surface area contributed by atoms with Crippen molar-refractivity contribution < 1.29 is 0 Å². The second kappa shape index (κ2) is 4.59. The second-order valence-corrected chi connectivity index (χ2v) is 5.47. The highest BCUT2D eigenvalue weighted by atomic mass is 15.1. The van der Waals surface area contributed by atoms with E-state index < -0.39 is 0 Å². The van der Waals surface area contributed by atoms with Crippen molar-refractivity contribution in [2.45, 2.75) is 45.1 Å². The van der Waals surface area contributed by atoms with Gasteiger partial charge in [-0.05, 0) is 62.8 Å². The highest BCUT2D eigenvalue weighted by molar-refractivity contribution is 5.62. The molecule has 1 atom stereocenters. The van der Waals surface area contributed by atoms with E-state index in [1.54, 1.807) is 0 Å². The highest BCUT2D eigenvalue weighted by Crippen LogP contribution is 2.30. The molecule has 0 aromatic heterocycles. The topological polar surface area (TPSA) is 15.3 Å². The molecule has 1 saturated heterocycles. The normalized spacial score (nSPS) is 24.1. The molecule has 0 bridgehead atoms. The molecule has 0 saturated carbocycles. The van der Waals surface area contributed by atoms with Crippen molar-refractivity contribution in [3.05, 3.63) is 23.8 Å². The molecule has 1 unspecified atom stereocenters. The van der Waals surface area contributed by atoms with Crippen LogP contribution in [0.25, 0.3) is 0 Å². The third kappa shape index (κ3) is 2.26. The molecule has 2 aliphatic heterocycles. The van der Waals surface area contributed by atoms with Crippen LogP contribution in [0.15, 0.2) is 18.2 Å². The van der Waals surface area contributed by atoms with Crippen molar-refractivity contribution >= 4 is 11.4 Å². The Kier molecular flexibility index (Phi) is 2.96. The number of aryl methyl sites for hydroxylation is 1. The molecule has 1 N–H and O–H groups in total. The first-order chi connectivity index (χ1) is 8.33. The average Bonchev–Trinajstić information content (AvgIpc) is 2.39. The summed E-state index contributed by atoms with van der Waals surface area (Å²) in [6.45, 7) is 4.74. The number of anilines is 2. The standard InChI is InChI=1S/C15H22N2/c1-12-5-6-13-11-14(7-8-15(13)16-12)17-9-3-2-4-10-17/h7-8,11-12,16H,2-6,9-10H2,1H3. The summed E-state index contributed by atoms with van der Waals surface area (Å²) in [7, 11) is 0. The lowest BCUT2D eigenvalue weighted by molar-refractivity contribution is 0.577. The quantitative estimate of drug-likeness (QED) is 0.795. The summed E-state index contributed by atoms with van der Waals surface area (Å²) in [5.41, 5.74) is 4.29. The van der Waals surface area contributed by atoms with Crippen LogP contribution in [0.5, 0.6) is 0 Å². The Labute approximate surface area is 104 Å². The molecule has 92 valence electrons.